The Hall–Kier alpha value is -2.70. The Balaban J connectivity index is 1.31. The maximum absolute atomic E-state index is 13.3. The molecule has 5 rings (SSSR count). The van der Waals surface area contributed by atoms with E-state index in [1.165, 1.54) is 28.3 Å². The summed E-state index contributed by atoms with van der Waals surface area (Å²) in [5.74, 6) is -0.411. The number of piperidine rings is 1. The van der Waals surface area contributed by atoms with E-state index < -0.39 is 0 Å². The van der Waals surface area contributed by atoms with E-state index in [1.807, 2.05) is 0 Å². The lowest BCUT2D eigenvalue weighted by Gasteiger charge is -2.32. The third-order valence-electron chi connectivity index (χ3n) is 6.95. The quantitative estimate of drug-likeness (QED) is 0.515. The number of carbonyl (C=O) groups excluding carboxylic acids is 2. The first-order valence-corrected chi connectivity index (χ1v) is 12.7. The second kappa shape index (κ2) is 9.65. The summed E-state index contributed by atoms with van der Waals surface area (Å²) in [6.45, 7) is 2.56. The predicted molar refractivity (Wildman–Crippen MR) is 133 cm³/mol. The number of fused-ring (bicyclic) bond motifs is 2. The van der Waals surface area contributed by atoms with E-state index in [2.05, 4.69) is 52.7 Å². The lowest BCUT2D eigenvalue weighted by molar-refractivity contribution is -0.121. The Kier molecular flexibility index (Phi) is 6.47. The van der Waals surface area contributed by atoms with E-state index >= 15 is 0 Å². The van der Waals surface area contributed by atoms with Crippen LogP contribution in [-0.2, 0) is 28.9 Å². The lowest BCUT2D eigenvalue weighted by atomic mass is 9.94. The molecule has 172 valence electrons. The molecule has 1 aromatic heterocycles. The van der Waals surface area contributed by atoms with Crippen molar-refractivity contribution in [2.24, 2.45) is 5.92 Å². The number of esters is 1. The monoisotopic (exact) mass is 462 g/mol. The van der Waals surface area contributed by atoms with Gasteiger partial charge in [0.2, 0.25) is 5.91 Å². The Labute approximate surface area is 198 Å². The summed E-state index contributed by atoms with van der Waals surface area (Å²) in [4.78, 5) is 29.4. The van der Waals surface area contributed by atoms with Crippen LogP contribution in [0.3, 0.4) is 0 Å². The zero-order valence-corrected chi connectivity index (χ0v) is 19.9. The van der Waals surface area contributed by atoms with E-state index in [9.17, 15) is 9.59 Å². The summed E-state index contributed by atoms with van der Waals surface area (Å²) in [6.07, 6.45) is 5.93. The zero-order chi connectivity index (χ0) is 22.8. The van der Waals surface area contributed by atoms with Crippen molar-refractivity contribution in [1.82, 2.24) is 4.90 Å². The van der Waals surface area contributed by atoms with Gasteiger partial charge in [-0.1, -0.05) is 42.5 Å². The van der Waals surface area contributed by atoms with Crippen molar-refractivity contribution in [2.75, 3.05) is 25.5 Å². The fraction of sp³-hybridized carbons (Fsp3) is 0.407. The van der Waals surface area contributed by atoms with Crippen LogP contribution in [0.2, 0.25) is 0 Å². The van der Waals surface area contributed by atoms with E-state index in [0.29, 0.717) is 10.6 Å². The molecule has 1 unspecified atom stereocenters. The second-order valence-electron chi connectivity index (χ2n) is 9.11. The highest BCUT2D eigenvalue weighted by Gasteiger charge is 2.30. The third kappa shape index (κ3) is 4.55. The standard InChI is InChI=1S/C27H30N2O3S/c1-32-27(31)24-22-13-4-5-14-23(22)33-26(24)28-25(30)20-11-7-15-29(17-20)16-19-10-6-9-18-8-2-3-12-21(18)19/h2-3,6,8-10,12,20H,4-5,7,11,13-17H2,1H3,(H,28,30). The van der Waals surface area contributed by atoms with Crippen LogP contribution in [0.25, 0.3) is 10.8 Å². The maximum Gasteiger partial charge on any atom is 0.341 e. The molecule has 0 radical (unpaired) electrons. The number of ether oxygens (including phenoxy) is 1. The number of aryl methyl sites for hydroxylation is 1. The zero-order valence-electron chi connectivity index (χ0n) is 19.1. The second-order valence-corrected chi connectivity index (χ2v) is 10.2. The molecule has 1 amide bonds. The smallest absolute Gasteiger partial charge is 0.341 e. The molecule has 1 atom stereocenters. The first-order chi connectivity index (χ1) is 16.1. The molecule has 5 nitrogen and oxygen atoms in total. The molecule has 1 aliphatic heterocycles. The third-order valence-corrected chi connectivity index (χ3v) is 8.15. The van der Waals surface area contributed by atoms with Gasteiger partial charge in [-0.25, -0.2) is 4.79 Å². The molecule has 6 heteroatoms. The van der Waals surface area contributed by atoms with Crippen molar-refractivity contribution in [3.63, 3.8) is 0 Å². The highest BCUT2D eigenvalue weighted by molar-refractivity contribution is 7.17. The topological polar surface area (TPSA) is 58.6 Å². The van der Waals surface area contributed by atoms with Crippen molar-refractivity contribution in [3.05, 3.63) is 64.0 Å². The van der Waals surface area contributed by atoms with Gasteiger partial charge in [-0.05, 0) is 67.0 Å². The number of thiophene rings is 1. The Morgan fingerprint density at radius 3 is 2.79 bits per heavy atom. The summed E-state index contributed by atoms with van der Waals surface area (Å²) in [7, 11) is 1.41. The molecule has 2 aromatic carbocycles. The first-order valence-electron chi connectivity index (χ1n) is 11.9. The van der Waals surface area contributed by atoms with Crippen LogP contribution < -0.4 is 5.32 Å². The van der Waals surface area contributed by atoms with Crippen LogP contribution >= 0.6 is 11.3 Å². The average Bonchev–Trinajstić information content (AvgIpc) is 3.21. The molecule has 1 saturated heterocycles. The summed E-state index contributed by atoms with van der Waals surface area (Å²) in [5, 5.41) is 6.31. The molecule has 1 aliphatic carbocycles. The van der Waals surface area contributed by atoms with E-state index in [1.54, 1.807) is 11.3 Å². The molecule has 0 bridgehead atoms. The Morgan fingerprint density at radius 2 is 1.91 bits per heavy atom. The Bertz CT molecular complexity index is 1180. The molecule has 33 heavy (non-hydrogen) atoms. The van der Waals surface area contributed by atoms with Gasteiger partial charge < -0.3 is 10.1 Å². The molecule has 0 saturated carbocycles. The fourth-order valence-electron chi connectivity index (χ4n) is 5.27. The van der Waals surface area contributed by atoms with Crippen LogP contribution in [0.1, 0.15) is 52.0 Å². The van der Waals surface area contributed by atoms with Crippen LogP contribution in [0.5, 0.6) is 0 Å². The number of carbonyl (C=O) groups is 2. The molecule has 1 N–H and O–H groups in total. The number of amides is 1. The van der Waals surface area contributed by atoms with Crippen LogP contribution in [0.15, 0.2) is 42.5 Å². The first kappa shape index (κ1) is 22.1. The lowest BCUT2D eigenvalue weighted by Crippen LogP contribution is -2.40. The summed E-state index contributed by atoms with van der Waals surface area (Å²) in [5.41, 5.74) is 2.96. The Morgan fingerprint density at radius 1 is 1.09 bits per heavy atom. The minimum atomic E-state index is -0.342. The van der Waals surface area contributed by atoms with Crippen molar-refractivity contribution in [3.8, 4) is 0 Å². The van der Waals surface area contributed by atoms with Crippen LogP contribution in [-0.4, -0.2) is 37.0 Å². The van der Waals surface area contributed by atoms with Gasteiger partial charge in [-0.2, -0.15) is 0 Å². The average molecular weight is 463 g/mol. The van der Waals surface area contributed by atoms with Crippen molar-refractivity contribution in [1.29, 1.82) is 0 Å². The van der Waals surface area contributed by atoms with Crippen molar-refractivity contribution >= 4 is 39.0 Å². The number of hydrogen-bond acceptors (Lipinski definition) is 5. The molecular weight excluding hydrogens is 432 g/mol. The van der Waals surface area contributed by atoms with Crippen molar-refractivity contribution < 1.29 is 14.3 Å². The van der Waals surface area contributed by atoms with Gasteiger partial charge in [0.15, 0.2) is 0 Å². The van der Waals surface area contributed by atoms with Gasteiger partial charge in [-0.15, -0.1) is 11.3 Å². The van der Waals surface area contributed by atoms with E-state index in [-0.39, 0.29) is 17.8 Å². The number of rotatable bonds is 5. The van der Waals surface area contributed by atoms with Gasteiger partial charge in [0, 0.05) is 18.0 Å². The van der Waals surface area contributed by atoms with Gasteiger partial charge in [0.25, 0.3) is 0 Å². The number of nitrogens with one attached hydrogen (secondary N) is 1. The SMILES string of the molecule is COC(=O)c1c(NC(=O)C2CCCN(Cc3cccc4ccccc34)C2)sc2c1CCCC2. The number of anilines is 1. The molecule has 1 fully saturated rings. The highest BCUT2D eigenvalue weighted by atomic mass is 32.1. The minimum absolute atomic E-state index is 0.0152. The van der Waals surface area contributed by atoms with Gasteiger partial charge in [0.05, 0.1) is 18.6 Å². The fourth-order valence-corrected chi connectivity index (χ4v) is 6.55. The largest absolute Gasteiger partial charge is 0.465 e. The molecular formula is C27H30N2O3S. The normalized spacial score (nSPS) is 18.6. The number of methoxy groups -OCH3 is 1. The minimum Gasteiger partial charge on any atom is -0.465 e. The summed E-state index contributed by atoms with van der Waals surface area (Å²) in [6, 6.07) is 14.9. The van der Waals surface area contributed by atoms with Crippen LogP contribution in [0, 0.1) is 5.92 Å². The number of likely N-dealkylation sites (tertiary alicyclic amines) is 1. The van der Waals surface area contributed by atoms with E-state index in [0.717, 1.165) is 63.7 Å². The highest BCUT2D eigenvalue weighted by Crippen LogP contribution is 2.39. The van der Waals surface area contributed by atoms with E-state index in [4.69, 9.17) is 4.74 Å². The van der Waals surface area contributed by atoms with Gasteiger partial charge >= 0.3 is 5.97 Å². The number of nitrogens with zero attached hydrogens (tertiary/aromatic N) is 1. The molecule has 3 aromatic rings. The molecule has 2 heterocycles. The number of benzene rings is 2. The van der Waals surface area contributed by atoms with Gasteiger partial charge in [-0.3, -0.25) is 9.69 Å². The molecule has 0 spiro atoms. The summed E-state index contributed by atoms with van der Waals surface area (Å²) < 4.78 is 5.06. The molecule has 2 aliphatic rings. The maximum atomic E-state index is 13.3. The van der Waals surface area contributed by atoms with Crippen LogP contribution in [0.4, 0.5) is 5.00 Å². The number of hydrogen-bond donors (Lipinski definition) is 1. The predicted octanol–water partition coefficient (Wildman–Crippen LogP) is 5.42. The van der Waals surface area contributed by atoms with Gasteiger partial charge in [0.1, 0.15) is 5.00 Å². The summed E-state index contributed by atoms with van der Waals surface area (Å²) >= 11 is 1.56. The van der Waals surface area contributed by atoms with Crippen molar-refractivity contribution in [2.45, 2.75) is 45.1 Å².